The zero-order chi connectivity index (χ0) is 44.5. The van der Waals surface area contributed by atoms with Gasteiger partial charge in [-0.05, 0) is 127 Å². The number of hydrogen-bond acceptors (Lipinski definition) is 3. The lowest BCUT2D eigenvalue weighted by Crippen LogP contribution is -2.59. The minimum absolute atomic E-state index is 0.0321. The molecule has 0 aromatic heterocycles. The maximum atomic E-state index is 7.11. The number of hydrogen-bond donors (Lipinski definition) is 0. The molecular weight excluding hydrogens is 775 g/mol. The van der Waals surface area contributed by atoms with E-state index in [0.29, 0.717) is 0 Å². The van der Waals surface area contributed by atoms with E-state index in [-0.39, 0.29) is 23.0 Å². The Morgan fingerprint density at radius 3 is 1.59 bits per heavy atom. The van der Waals surface area contributed by atoms with Crippen LogP contribution in [-0.4, -0.2) is 6.71 Å². The molecule has 0 bridgehead atoms. The Kier molecular flexibility index (Phi) is 9.98. The Hall–Kier alpha value is -6.78. The second kappa shape index (κ2) is 15.5. The molecule has 0 spiro atoms. The van der Waals surface area contributed by atoms with Crippen LogP contribution in [0.2, 0.25) is 0 Å². The van der Waals surface area contributed by atoms with Crippen molar-refractivity contribution in [2.45, 2.75) is 78.6 Å². The molecule has 2 heterocycles. The van der Waals surface area contributed by atoms with Crippen LogP contribution in [0.1, 0.15) is 79.0 Å². The van der Waals surface area contributed by atoms with Crippen molar-refractivity contribution in [1.29, 1.82) is 0 Å². The van der Waals surface area contributed by atoms with Gasteiger partial charge in [0.15, 0.2) is 0 Å². The summed E-state index contributed by atoms with van der Waals surface area (Å²) in [6.07, 6.45) is 0. The van der Waals surface area contributed by atoms with Crippen LogP contribution in [-0.2, 0) is 16.2 Å². The third-order valence-corrected chi connectivity index (χ3v) is 13.2. The fraction of sp³-hybridized carbons (Fsp3) is 0.200. The number of para-hydroxylation sites is 2. The molecule has 0 radical (unpaired) electrons. The second-order valence-electron chi connectivity index (χ2n) is 20.7. The summed E-state index contributed by atoms with van der Waals surface area (Å²) in [7, 11) is 0. The Balaban J connectivity index is 1.21. The molecule has 316 valence electrons. The van der Waals surface area contributed by atoms with Crippen molar-refractivity contribution in [3.05, 3.63) is 199 Å². The van der Waals surface area contributed by atoms with Gasteiger partial charge in [0.05, 0.1) is 5.69 Å². The molecule has 8 aromatic rings. The Morgan fingerprint density at radius 1 is 0.391 bits per heavy atom. The number of anilines is 6. The van der Waals surface area contributed by atoms with Gasteiger partial charge in [0.25, 0.3) is 6.71 Å². The molecule has 0 fully saturated rings. The fourth-order valence-electron chi connectivity index (χ4n) is 9.55. The standard InChI is InChI=1S/C60H57BN2O/c1-58(2,3)43-29-33-52(49(38-43)42-34-44(59(4,5)6)37-45(35-42)60(7,8)9)63-53-26-19-27-55-57(53)61(50-31-28-41(36-54(50)63)40-20-13-10-14-21-40)51-32-30-48(39-56(51)64-55)62(46-22-15-11-16-23-46)47-24-17-12-18-25-47/h10-39H,1-9H3. The largest absolute Gasteiger partial charge is 0.458 e. The summed E-state index contributed by atoms with van der Waals surface area (Å²) in [5.41, 5.74) is 19.0. The lowest BCUT2D eigenvalue weighted by molar-refractivity contribution is 0.487. The van der Waals surface area contributed by atoms with Crippen LogP contribution in [0.3, 0.4) is 0 Å². The molecule has 64 heavy (non-hydrogen) atoms. The van der Waals surface area contributed by atoms with E-state index in [0.717, 1.165) is 45.4 Å². The van der Waals surface area contributed by atoms with Crippen molar-refractivity contribution in [3.63, 3.8) is 0 Å². The van der Waals surface area contributed by atoms with Gasteiger partial charge in [-0.3, -0.25) is 0 Å². The van der Waals surface area contributed by atoms with E-state index in [4.69, 9.17) is 4.74 Å². The average molecular weight is 833 g/mol. The van der Waals surface area contributed by atoms with Crippen molar-refractivity contribution < 1.29 is 4.74 Å². The smallest absolute Gasteiger partial charge is 0.256 e. The third kappa shape index (κ3) is 7.39. The van der Waals surface area contributed by atoms with Crippen LogP contribution in [0.15, 0.2) is 182 Å². The molecule has 2 aliphatic heterocycles. The quantitative estimate of drug-likeness (QED) is 0.155. The van der Waals surface area contributed by atoms with E-state index in [1.807, 2.05) is 0 Å². The van der Waals surface area contributed by atoms with Gasteiger partial charge in [-0.1, -0.05) is 178 Å². The molecule has 3 nitrogen and oxygen atoms in total. The summed E-state index contributed by atoms with van der Waals surface area (Å²) >= 11 is 0. The monoisotopic (exact) mass is 832 g/mol. The highest BCUT2D eigenvalue weighted by molar-refractivity contribution is 6.99. The number of fused-ring (bicyclic) bond motifs is 4. The van der Waals surface area contributed by atoms with E-state index in [9.17, 15) is 0 Å². The summed E-state index contributed by atoms with van der Waals surface area (Å²) in [6, 6.07) is 67.0. The maximum absolute atomic E-state index is 7.11. The van der Waals surface area contributed by atoms with Gasteiger partial charge in [0, 0.05) is 40.1 Å². The first-order valence-corrected chi connectivity index (χ1v) is 22.8. The first kappa shape index (κ1) is 41.2. The highest BCUT2D eigenvalue weighted by atomic mass is 16.5. The van der Waals surface area contributed by atoms with Gasteiger partial charge in [-0.15, -0.1) is 0 Å². The molecule has 0 saturated carbocycles. The van der Waals surface area contributed by atoms with E-state index in [1.165, 1.54) is 55.6 Å². The molecule has 0 amide bonds. The van der Waals surface area contributed by atoms with Crippen LogP contribution in [0.5, 0.6) is 11.5 Å². The summed E-state index contributed by atoms with van der Waals surface area (Å²) in [5.74, 6) is 1.76. The van der Waals surface area contributed by atoms with Crippen molar-refractivity contribution in [2.24, 2.45) is 0 Å². The fourth-order valence-corrected chi connectivity index (χ4v) is 9.55. The molecule has 0 N–H and O–H groups in total. The van der Waals surface area contributed by atoms with Gasteiger partial charge in [0.1, 0.15) is 11.5 Å². The van der Waals surface area contributed by atoms with Crippen LogP contribution >= 0.6 is 0 Å². The highest BCUT2D eigenvalue weighted by Gasteiger charge is 2.42. The number of ether oxygens (including phenoxy) is 1. The molecular formula is C60H57BN2O. The number of rotatable bonds is 6. The lowest BCUT2D eigenvalue weighted by Gasteiger charge is -2.41. The minimum Gasteiger partial charge on any atom is -0.458 e. The maximum Gasteiger partial charge on any atom is 0.256 e. The molecule has 10 rings (SSSR count). The SMILES string of the molecule is CC(C)(C)c1cc(-c2cc(C(C)(C)C)ccc2N2c3cc(-c4ccccc4)ccc3B3c4ccc(N(c5ccccc5)c5ccccc5)cc4Oc4cccc2c43)cc(C(C)(C)C)c1. The third-order valence-electron chi connectivity index (χ3n) is 13.2. The molecule has 0 atom stereocenters. The molecule has 0 aliphatic carbocycles. The van der Waals surface area contributed by atoms with E-state index in [1.54, 1.807) is 0 Å². The van der Waals surface area contributed by atoms with E-state index in [2.05, 4.69) is 254 Å². The van der Waals surface area contributed by atoms with Crippen molar-refractivity contribution >= 4 is 57.2 Å². The minimum atomic E-state index is -0.0495. The summed E-state index contributed by atoms with van der Waals surface area (Å²) in [5, 5.41) is 0. The second-order valence-corrected chi connectivity index (χ2v) is 20.7. The highest BCUT2D eigenvalue weighted by Crippen LogP contribution is 2.48. The number of nitrogens with zero attached hydrogens (tertiary/aromatic N) is 2. The Labute approximate surface area is 381 Å². The average Bonchev–Trinajstić information content (AvgIpc) is 3.28. The molecule has 8 aromatic carbocycles. The Bertz CT molecular complexity index is 2960. The zero-order valence-corrected chi connectivity index (χ0v) is 38.7. The first-order valence-electron chi connectivity index (χ1n) is 22.8. The van der Waals surface area contributed by atoms with Gasteiger partial charge >= 0.3 is 0 Å². The van der Waals surface area contributed by atoms with Crippen LogP contribution in [0.25, 0.3) is 22.3 Å². The van der Waals surface area contributed by atoms with Crippen LogP contribution < -0.4 is 30.9 Å². The van der Waals surface area contributed by atoms with Gasteiger partial charge in [0.2, 0.25) is 0 Å². The van der Waals surface area contributed by atoms with Crippen molar-refractivity contribution in [2.75, 3.05) is 9.80 Å². The summed E-state index contributed by atoms with van der Waals surface area (Å²) in [6.45, 7) is 20.9. The molecule has 2 aliphatic rings. The molecule has 4 heteroatoms. The van der Waals surface area contributed by atoms with E-state index < -0.39 is 0 Å². The number of benzene rings is 8. The van der Waals surface area contributed by atoms with Gasteiger partial charge in [-0.2, -0.15) is 0 Å². The van der Waals surface area contributed by atoms with Crippen LogP contribution in [0.4, 0.5) is 34.1 Å². The summed E-state index contributed by atoms with van der Waals surface area (Å²) in [4.78, 5) is 4.84. The Morgan fingerprint density at radius 2 is 0.984 bits per heavy atom. The lowest BCUT2D eigenvalue weighted by atomic mass is 9.34. The van der Waals surface area contributed by atoms with Crippen molar-refractivity contribution in [3.8, 4) is 33.8 Å². The predicted molar refractivity (Wildman–Crippen MR) is 274 cm³/mol. The van der Waals surface area contributed by atoms with Crippen LogP contribution in [0, 0.1) is 0 Å². The van der Waals surface area contributed by atoms with E-state index >= 15 is 0 Å². The molecule has 0 unspecified atom stereocenters. The molecule has 0 saturated heterocycles. The first-order chi connectivity index (χ1) is 30.6. The summed E-state index contributed by atoms with van der Waals surface area (Å²) < 4.78 is 7.11. The van der Waals surface area contributed by atoms with Crippen molar-refractivity contribution in [1.82, 2.24) is 0 Å². The normalized spacial score (nSPS) is 13.1. The van der Waals surface area contributed by atoms with Gasteiger partial charge in [-0.25, -0.2) is 0 Å². The predicted octanol–water partition coefficient (Wildman–Crippen LogP) is 14.8. The van der Waals surface area contributed by atoms with Gasteiger partial charge < -0.3 is 14.5 Å². The topological polar surface area (TPSA) is 15.7 Å². The zero-order valence-electron chi connectivity index (χ0n) is 38.7.